The molecule has 1 aliphatic rings. The van der Waals surface area contributed by atoms with Crippen LogP contribution in [0.4, 0.5) is 0 Å². The third kappa shape index (κ3) is 3.49. The normalized spacial score (nSPS) is 16.2. The molecule has 1 N–H and O–H groups in total. The summed E-state index contributed by atoms with van der Waals surface area (Å²) in [6.45, 7) is 0. The van der Waals surface area contributed by atoms with Crippen LogP contribution in [0.15, 0.2) is 46.6 Å². The molecule has 0 saturated heterocycles. The van der Waals surface area contributed by atoms with Gasteiger partial charge in [0.15, 0.2) is 0 Å². The number of hydrogen-bond donors (Lipinski definition) is 1. The van der Waals surface area contributed by atoms with Gasteiger partial charge in [-0.15, -0.1) is 0 Å². The Morgan fingerprint density at radius 3 is 2.56 bits per heavy atom. The van der Waals surface area contributed by atoms with Gasteiger partial charge in [-0.3, -0.25) is 0 Å². The Hall–Kier alpha value is -2.01. The molecular weight excluding hydrogens is 222 g/mol. The quantitative estimate of drug-likeness (QED) is 0.344. The summed E-state index contributed by atoms with van der Waals surface area (Å²) in [5.74, 6) is 6.42. The lowest BCUT2D eigenvalue weighted by Gasteiger charge is -2.00. The summed E-state index contributed by atoms with van der Waals surface area (Å²) in [5.41, 5.74) is 3.22. The van der Waals surface area contributed by atoms with E-state index in [0.717, 1.165) is 36.0 Å². The number of hydrogen-bond acceptors (Lipinski definition) is 2. The Morgan fingerprint density at radius 2 is 1.78 bits per heavy atom. The lowest BCUT2D eigenvalue weighted by atomic mass is 10.0. The van der Waals surface area contributed by atoms with Gasteiger partial charge >= 0.3 is 0 Å². The molecule has 0 unspecified atom stereocenters. The molecule has 18 heavy (non-hydrogen) atoms. The minimum atomic E-state index is 0.961. The fourth-order valence-corrected chi connectivity index (χ4v) is 2.13. The lowest BCUT2D eigenvalue weighted by Crippen LogP contribution is -1.90. The molecule has 1 aliphatic carbocycles. The number of nitrogens with zero attached hydrogens (tertiary/aromatic N) is 1. The SMILES string of the molecule is O/N=C/C1=C(C#Cc2ccccc2)CCCCC1. The molecule has 0 heterocycles. The molecule has 2 rings (SSSR count). The second-order valence-corrected chi connectivity index (χ2v) is 4.43. The molecule has 2 nitrogen and oxygen atoms in total. The van der Waals surface area contributed by atoms with Crippen LogP contribution in [0.3, 0.4) is 0 Å². The van der Waals surface area contributed by atoms with Gasteiger partial charge in [-0.25, -0.2) is 0 Å². The minimum Gasteiger partial charge on any atom is -0.411 e. The van der Waals surface area contributed by atoms with Crippen LogP contribution in [-0.4, -0.2) is 11.4 Å². The van der Waals surface area contributed by atoms with Gasteiger partial charge in [-0.05, 0) is 43.4 Å². The number of benzene rings is 1. The van der Waals surface area contributed by atoms with Crippen molar-refractivity contribution < 1.29 is 5.21 Å². The topological polar surface area (TPSA) is 32.6 Å². The third-order valence-corrected chi connectivity index (χ3v) is 3.11. The highest BCUT2D eigenvalue weighted by Gasteiger charge is 2.08. The Labute approximate surface area is 108 Å². The second-order valence-electron chi connectivity index (χ2n) is 4.43. The highest BCUT2D eigenvalue weighted by molar-refractivity contribution is 5.80. The largest absolute Gasteiger partial charge is 0.411 e. The first-order valence-corrected chi connectivity index (χ1v) is 6.36. The molecule has 0 atom stereocenters. The van der Waals surface area contributed by atoms with Gasteiger partial charge in [0, 0.05) is 11.1 Å². The molecule has 1 aromatic carbocycles. The van der Waals surface area contributed by atoms with E-state index >= 15 is 0 Å². The van der Waals surface area contributed by atoms with Crippen LogP contribution in [0.1, 0.15) is 37.7 Å². The Bertz CT molecular complexity index is 503. The second kappa shape index (κ2) is 6.66. The van der Waals surface area contributed by atoms with Gasteiger partial charge in [0.1, 0.15) is 0 Å². The van der Waals surface area contributed by atoms with Crippen molar-refractivity contribution in [2.75, 3.05) is 0 Å². The Balaban J connectivity index is 2.26. The maximum absolute atomic E-state index is 8.70. The van der Waals surface area contributed by atoms with Gasteiger partial charge in [-0.2, -0.15) is 0 Å². The van der Waals surface area contributed by atoms with E-state index in [1.54, 1.807) is 6.21 Å². The van der Waals surface area contributed by atoms with E-state index < -0.39 is 0 Å². The third-order valence-electron chi connectivity index (χ3n) is 3.11. The van der Waals surface area contributed by atoms with Crippen molar-refractivity contribution in [2.45, 2.75) is 32.1 Å². The highest BCUT2D eigenvalue weighted by atomic mass is 16.4. The maximum atomic E-state index is 8.70. The predicted octanol–water partition coefficient (Wildman–Crippen LogP) is 3.76. The van der Waals surface area contributed by atoms with Crippen LogP contribution in [0.2, 0.25) is 0 Å². The molecule has 0 saturated carbocycles. The number of allylic oxidation sites excluding steroid dienone is 2. The Kier molecular flexibility index (Phi) is 4.60. The van der Waals surface area contributed by atoms with Crippen molar-refractivity contribution in [3.63, 3.8) is 0 Å². The van der Waals surface area contributed by atoms with Gasteiger partial charge in [0.05, 0.1) is 6.21 Å². The van der Waals surface area contributed by atoms with E-state index in [9.17, 15) is 0 Å². The zero-order valence-corrected chi connectivity index (χ0v) is 10.4. The molecule has 92 valence electrons. The molecule has 0 amide bonds. The molecule has 0 fully saturated rings. The van der Waals surface area contributed by atoms with Crippen LogP contribution in [-0.2, 0) is 0 Å². The predicted molar refractivity (Wildman–Crippen MR) is 73.7 cm³/mol. The average molecular weight is 239 g/mol. The number of oxime groups is 1. The molecule has 0 bridgehead atoms. The standard InChI is InChI=1S/C16H17NO/c18-17-13-16-10-6-2-5-9-15(16)12-11-14-7-3-1-4-8-14/h1,3-4,7-8,13,18H,2,5-6,9-10H2/b17-13+. The van der Waals surface area contributed by atoms with Gasteiger partial charge in [0.25, 0.3) is 0 Å². The minimum absolute atomic E-state index is 0.961. The van der Waals surface area contributed by atoms with Crippen LogP contribution in [0.5, 0.6) is 0 Å². The smallest absolute Gasteiger partial charge is 0.0702 e. The van der Waals surface area contributed by atoms with Crippen LogP contribution < -0.4 is 0 Å². The monoisotopic (exact) mass is 239 g/mol. The fourth-order valence-electron chi connectivity index (χ4n) is 2.13. The van der Waals surface area contributed by atoms with Crippen molar-refractivity contribution in [1.29, 1.82) is 0 Å². The number of rotatable bonds is 1. The van der Waals surface area contributed by atoms with Crippen molar-refractivity contribution in [3.8, 4) is 11.8 Å². The van der Waals surface area contributed by atoms with Crippen molar-refractivity contribution in [1.82, 2.24) is 0 Å². The lowest BCUT2D eigenvalue weighted by molar-refractivity contribution is 0.321. The first-order valence-electron chi connectivity index (χ1n) is 6.36. The molecule has 0 spiro atoms. The molecule has 0 radical (unpaired) electrons. The van der Waals surface area contributed by atoms with E-state index in [0.29, 0.717) is 0 Å². The first kappa shape index (κ1) is 12.4. The maximum Gasteiger partial charge on any atom is 0.0702 e. The van der Waals surface area contributed by atoms with E-state index in [2.05, 4.69) is 17.0 Å². The molecule has 1 aromatic rings. The molecule has 0 aromatic heterocycles. The Morgan fingerprint density at radius 1 is 1.00 bits per heavy atom. The molecule has 0 aliphatic heterocycles. The first-order chi connectivity index (χ1) is 8.90. The fraction of sp³-hybridized carbons (Fsp3) is 0.312. The van der Waals surface area contributed by atoms with Gasteiger partial charge < -0.3 is 5.21 Å². The summed E-state index contributed by atoms with van der Waals surface area (Å²) in [4.78, 5) is 0. The molecule has 2 heteroatoms. The zero-order valence-electron chi connectivity index (χ0n) is 10.4. The van der Waals surface area contributed by atoms with Crippen LogP contribution in [0, 0.1) is 11.8 Å². The summed E-state index contributed by atoms with van der Waals surface area (Å²) in [7, 11) is 0. The van der Waals surface area contributed by atoms with E-state index in [1.807, 2.05) is 30.3 Å². The highest BCUT2D eigenvalue weighted by Crippen LogP contribution is 2.22. The summed E-state index contributed by atoms with van der Waals surface area (Å²) < 4.78 is 0. The van der Waals surface area contributed by atoms with Crippen molar-refractivity contribution in [3.05, 3.63) is 47.0 Å². The zero-order chi connectivity index (χ0) is 12.6. The van der Waals surface area contributed by atoms with E-state index in [4.69, 9.17) is 5.21 Å². The molecular formula is C16H17NO. The van der Waals surface area contributed by atoms with E-state index in [1.165, 1.54) is 12.8 Å². The summed E-state index contributed by atoms with van der Waals surface area (Å²) in [5, 5.41) is 11.9. The summed E-state index contributed by atoms with van der Waals surface area (Å²) in [6, 6.07) is 9.97. The average Bonchev–Trinajstić information content (AvgIpc) is 2.64. The van der Waals surface area contributed by atoms with Crippen molar-refractivity contribution >= 4 is 6.21 Å². The van der Waals surface area contributed by atoms with E-state index in [-0.39, 0.29) is 0 Å². The van der Waals surface area contributed by atoms with Gasteiger partial charge in [-0.1, -0.05) is 41.6 Å². The van der Waals surface area contributed by atoms with Crippen molar-refractivity contribution in [2.24, 2.45) is 5.16 Å². The summed E-state index contributed by atoms with van der Waals surface area (Å²) >= 11 is 0. The summed E-state index contributed by atoms with van der Waals surface area (Å²) in [6.07, 6.45) is 7.03. The van der Waals surface area contributed by atoms with Crippen LogP contribution >= 0.6 is 0 Å². The van der Waals surface area contributed by atoms with Gasteiger partial charge in [0.2, 0.25) is 0 Å². The van der Waals surface area contributed by atoms with Crippen LogP contribution in [0.25, 0.3) is 0 Å².